The number of hydrogen-bond acceptors (Lipinski definition) is 2. The Hall–Kier alpha value is -2.26. The number of amides is 1. The Kier molecular flexibility index (Phi) is 4.39. The highest BCUT2D eigenvalue weighted by molar-refractivity contribution is 6.32. The van der Waals surface area contributed by atoms with Crippen molar-refractivity contribution in [3.8, 4) is 0 Å². The second-order valence-electron chi connectivity index (χ2n) is 5.59. The predicted octanol–water partition coefficient (Wildman–Crippen LogP) is 5.14. The number of fused-ring (bicyclic) bond motifs is 1. The molecule has 0 aliphatic carbocycles. The van der Waals surface area contributed by atoms with Gasteiger partial charge in [-0.05, 0) is 42.7 Å². The Balaban J connectivity index is 1.82. The van der Waals surface area contributed by atoms with Gasteiger partial charge in [-0.15, -0.1) is 0 Å². The zero-order valence-electron chi connectivity index (χ0n) is 13.2. The van der Waals surface area contributed by atoms with E-state index in [0.29, 0.717) is 5.02 Å². The number of aryl methyl sites for hydroxylation is 2. The van der Waals surface area contributed by atoms with Crippen molar-refractivity contribution in [2.75, 3.05) is 5.32 Å². The standard InChI is InChI=1S/C19H18ClNO2/c1-3-13-6-4-5-7-17(13)21-19(22)9-14-11-23-18-8-12(2)16(20)10-15(14)18/h4-8,10-11H,3,9H2,1-2H3,(H,21,22). The molecule has 0 aliphatic rings. The summed E-state index contributed by atoms with van der Waals surface area (Å²) >= 11 is 6.18. The molecule has 4 heteroatoms. The van der Waals surface area contributed by atoms with Gasteiger partial charge in [0.05, 0.1) is 12.7 Å². The third-order valence-electron chi connectivity index (χ3n) is 3.96. The van der Waals surface area contributed by atoms with E-state index in [1.54, 1.807) is 6.26 Å². The number of carbonyl (C=O) groups is 1. The first-order valence-corrected chi connectivity index (χ1v) is 8.00. The van der Waals surface area contributed by atoms with Gasteiger partial charge in [0.1, 0.15) is 5.58 Å². The maximum absolute atomic E-state index is 12.4. The minimum absolute atomic E-state index is 0.0645. The summed E-state index contributed by atoms with van der Waals surface area (Å²) in [5, 5.41) is 4.54. The SMILES string of the molecule is CCc1ccccc1NC(=O)Cc1coc2cc(C)c(Cl)cc12. The van der Waals surface area contributed by atoms with Gasteiger partial charge >= 0.3 is 0 Å². The van der Waals surface area contributed by atoms with Crippen molar-refractivity contribution in [1.29, 1.82) is 0 Å². The molecule has 0 atom stereocenters. The number of carbonyl (C=O) groups excluding carboxylic acids is 1. The van der Waals surface area contributed by atoms with Gasteiger partial charge in [-0.2, -0.15) is 0 Å². The lowest BCUT2D eigenvalue weighted by Gasteiger charge is -2.09. The Morgan fingerprint density at radius 1 is 1.22 bits per heavy atom. The van der Waals surface area contributed by atoms with E-state index >= 15 is 0 Å². The van der Waals surface area contributed by atoms with E-state index in [4.69, 9.17) is 16.0 Å². The second-order valence-corrected chi connectivity index (χ2v) is 6.00. The molecule has 23 heavy (non-hydrogen) atoms. The fraction of sp³-hybridized carbons (Fsp3) is 0.211. The lowest BCUT2D eigenvalue weighted by molar-refractivity contribution is -0.115. The Bertz CT molecular complexity index is 867. The number of rotatable bonds is 4. The lowest BCUT2D eigenvalue weighted by atomic mass is 10.1. The van der Waals surface area contributed by atoms with Crippen molar-refractivity contribution in [2.24, 2.45) is 0 Å². The third-order valence-corrected chi connectivity index (χ3v) is 4.37. The number of halogens is 1. The average molecular weight is 328 g/mol. The fourth-order valence-electron chi connectivity index (χ4n) is 2.66. The number of hydrogen-bond donors (Lipinski definition) is 1. The molecule has 0 spiro atoms. The molecule has 1 amide bonds. The molecule has 3 aromatic rings. The van der Waals surface area contributed by atoms with E-state index < -0.39 is 0 Å². The van der Waals surface area contributed by atoms with Gasteiger partial charge in [-0.1, -0.05) is 36.7 Å². The molecule has 0 bridgehead atoms. The van der Waals surface area contributed by atoms with Crippen LogP contribution in [-0.2, 0) is 17.6 Å². The van der Waals surface area contributed by atoms with E-state index in [0.717, 1.165) is 39.8 Å². The van der Waals surface area contributed by atoms with Crippen LogP contribution in [0.3, 0.4) is 0 Å². The van der Waals surface area contributed by atoms with Crippen molar-refractivity contribution >= 4 is 34.2 Å². The summed E-state index contributed by atoms with van der Waals surface area (Å²) in [5.74, 6) is -0.0645. The largest absolute Gasteiger partial charge is 0.464 e. The third kappa shape index (κ3) is 3.25. The average Bonchev–Trinajstić information content (AvgIpc) is 2.90. The zero-order valence-corrected chi connectivity index (χ0v) is 13.9. The van der Waals surface area contributed by atoms with Gasteiger partial charge < -0.3 is 9.73 Å². The van der Waals surface area contributed by atoms with Crippen LogP contribution in [0.2, 0.25) is 5.02 Å². The van der Waals surface area contributed by atoms with Crippen LogP contribution in [0.4, 0.5) is 5.69 Å². The molecule has 0 radical (unpaired) electrons. The van der Waals surface area contributed by atoms with Crippen LogP contribution in [0.15, 0.2) is 47.1 Å². The minimum Gasteiger partial charge on any atom is -0.464 e. The maximum Gasteiger partial charge on any atom is 0.228 e. The first kappa shape index (κ1) is 15.6. The highest BCUT2D eigenvalue weighted by Gasteiger charge is 2.13. The first-order valence-electron chi connectivity index (χ1n) is 7.62. The number of nitrogens with one attached hydrogen (secondary N) is 1. The summed E-state index contributed by atoms with van der Waals surface area (Å²) in [5.41, 5.74) is 4.54. The normalized spacial score (nSPS) is 10.9. The van der Waals surface area contributed by atoms with Crippen molar-refractivity contribution < 1.29 is 9.21 Å². The highest BCUT2D eigenvalue weighted by atomic mass is 35.5. The molecule has 3 nitrogen and oxygen atoms in total. The van der Waals surface area contributed by atoms with Gasteiger partial charge in [0.15, 0.2) is 0 Å². The molecule has 1 N–H and O–H groups in total. The van der Waals surface area contributed by atoms with Crippen LogP contribution >= 0.6 is 11.6 Å². The molecule has 1 aromatic heterocycles. The summed E-state index contributed by atoms with van der Waals surface area (Å²) < 4.78 is 5.54. The molecule has 118 valence electrons. The first-order chi connectivity index (χ1) is 11.1. The molecular weight excluding hydrogens is 310 g/mol. The highest BCUT2D eigenvalue weighted by Crippen LogP contribution is 2.28. The van der Waals surface area contributed by atoms with Crippen LogP contribution in [0.25, 0.3) is 11.0 Å². The van der Waals surface area contributed by atoms with Crippen LogP contribution in [0.1, 0.15) is 23.6 Å². The number of para-hydroxylation sites is 1. The number of benzene rings is 2. The maximum atomic E-state index is 12.4. The Morgan fingerprint density at radius 2 is 2.00 bits per heavy atom. The molecular formula is C19H18ClNO2. The smallest absolute Gasteiger partial charge is 0.228 e. The van der Waals surface area contributed by atoms with Crippen molar-refractivity contribution in [1.82, 2.24) is 0 Å². The topological polar surface area (TPSA) is 42.2 Å². The monoisotopic (exact) mass is 327 g/mol. The Labute approximate surface area is 140 Å². The quantitative estimate of drug-likeness (QED) is 0.721. The second kappa shape index (κ2) is 6.47. The molecule has 0 saturated carbocycles. The number of furan rings is 1. The predicted molar refractivity (Wildman–Crippen MR) is 94.1 cm³/mol. The molecule has 0 aliphatic heterocycles. The van der Waals surface area contributed by atoms with E-state index in [-0.39, 0.29) is 12.3 Å². The number of anilines is 1. The van der Waals surface area contributed by atoms with Gasteiger partial charge in [0, 0.05) is 21.7 Å². The van der Waals surface area contributed by atoms with Crippen molar-refractivity contribution in [2.45, 2.75) is 26.7 Å². The zero-order chi connectivity index (χ0) is 16.4. The van der Waals surface area contributed by atoms with Gasteiger partial charge in [-0.3, -0.25) is 4.79 Å². The van der Waals surface area contributed by atoms with E-state index in [9.17, 15) is 4.79 Å². The molecule has 3 rings (SSSR count). The minimum atomic E-state index is -0.0645. The van der Waals surface area contributed by atoms with Crippen LogP contribution in [0, 0.1) is 6.92 Å². The van der Waals surface area contributed by atoms with Crippen LogP contribution < -0.4 is 5.32 Å². The Morgan fingerprint density at radius 3 is 2.78 bits per heavy atom. The van der Waals surface area contributed by atoms with Crippen molar-refractivity contribution in [3.63, 3.8) is 0 Å². The molecule has 2 aromatic carbocycles. The summed E-state index contributed by atoms with van der Waals surface area (Å²) in [6.45, 7) is 4.00. The summed E-state index contributed by atoms with van der Waals surface area (Å²) in [6.07, 6.45) is 2.76. The van der Waals surface area contributed by atoms with Crippen molar-refractivity contribution in [3.05, 3.63) is 64.4 Å². The van der Waals surface area contributed by atoms with Crippen LogP contribution in [-0.4, -0.2) is 5.91 Å². The lowest BCUT2D eigenvalue weighted by Crippen LogP contribution is -2.15. The van der Waals surface area contributed by atoms with Gasteiger partial charge in [-0.25, -0.2) is 0 Å². The molecule has 0 fully saturated rings. The molecule has 0 unspecified atom stereocenters. The van der Waals surface area contributed by atoms with E-state index in [1.165, 1.54) is 0 Å². The summed E-state index contributed by atoms with van der Waals surface area (Å²) in [7, 11) is 0. The van der Waals surface area contributed by atoms with Crippen LogP contribution in [0.5, 0.6) is 0 Å². The van der Waals surface area contributed by atoms with Gasteiger partial charge in [0.25, 0.3) is 0 Å². The molecule has 0 saturated heterocycles. The fourth-order valence-corrected chi connectivity index (χ4v) is 2.82. The van der Waals surface area contributed by atoms with E-state index in [2.05, 4.69) is 12.2 Å². The summed E-state index contributed by atoms with van der Waals surface area (Å²) in [4.78, 5) is 12.4. The van der Waals surface area contributed by atoms with E-state index in [1.807, 2.05) is 43.3 Å². The van der Waals surface area contributed by atoms with Gasteiger partial charge in [0.2, 0.25) is 5.91 Å². The molecule has 1 heterocycles. The summed E-state index contributed by atoms with van der Waals surface area (Å²) in [6, 6.07) is 11.6.